The molecule has 0 spiro atoms. The number of rotatable bonds is 4. The minimum atomic E-state index is -0.586. The number of carbonyl (C=O) groups is 1. The zero-order chi connectivity index (χ0) is 14.5. The van der Waals surface area contributed by atoms with Crippen molar-refractivity contribution in [2.24, 2.45) is 0 Å². The SMILES string of the molecule is O=C(Cc1cccc(F)c1)NCc1cc(F)ccc1F. The molecule has 0 unspecified atom stereocenters. The van der Waals surface area contributed by atoms with Gasteiger partial charge < -0.3 is 5.32 Å². The lowest BCUT2D eigenvalue weighted by atomic mass is 10.1. The van der Waals surface area contributed by atoms with E-state index < -0.39 is 17.5 Å². The summed E-state index contributed by atoms with van der Waals surface area (Å²) >= 11 is 0. The maximum absolute atomic E-state index is 13.3. The van der Waals surface area contributed by atoms with E-state index >= 15 is 0 Å². The van der Waals surface area contributed by atoms with Gasteiger partial charge in [0, 0.05) is 12.1 Å². The summed E-state index contributed by atoms with van der Waals surface area (Å²) < 4.78 is 39.2. The van der Waals surface area contributed by atoms with Crippen LogP contribution in [0.2, 0.25) is 0 Å². The first kappa shape index (κ1) is 14.1. The molecule has 2 nitrogen and oxygen atoms in total. The lowest BCUT2D eigenvalue weighted by Gasteiger charge is -2.07. The fourth-order valence-electron chi connectivity index (χ4n) is 1.77. The van der Waals surface area contributed by atoms with Gasteiger partial charge in [0.1, 0.15) is 17.5 Å². The Morgan fingerprint density at radius 1 is 1.00 bits per heavy atom. The minimum Gasteiger partial charge on any atom is -0.352 e. The highest BCUT2D eigenvalue weighted by atomic mass is 19.1. The number of hydrogen-bond acceptors (Lipinski definition) is 1. The van der Waals surface area contributed by atoms with Crippen molar-refractivity contribution < 1.29 is 18.0 Å². The molecule has 5 heteroatoms. The summed E-state index contributed by atoms with van der Waals surface area (Å²) in [5.74, 6) is -1.97. The zero-order valence-corrected chi connectivity index (χ0v) is 10.5. The summed E-state index contributed by atoms with van der Waals surface area (Å²) in [6.45, 7) is -0.113. The molecule has 0 aliphatic heterocycles. The van der Waals surface area contributed by atoms with Crippen molar-refractivity contribution in [3.8, 4) is 0 Å². The standard InChI is InChI=1S/C15H12F3NO/c16-12-3-1-2-10(6-12)7-15(20)19-9-11-8-13(17)4-5-14(11)18/h1-6,8H,7,9H2,(H,19,20). The Kier molecular flexibility index (Phi) is 4.40. The Morgan fingerprint density at radius 3 is 2.50 bits per heavy atom. The molecule has 0 aliphatic carbocycles. The molecule has 1 amide bonds. The molecule has 0 heterocycles. The van der Waals surface area contributed by atoms with Crippen molar-refractivity contribution in [2.75, 3.05) is 0 Å². The van der Waals surface area contributed by atoms with E-state index in [9.17, 15) is 18.0 Å². The lowest BCUT2D eigenvalue weighted by molar-refractivity contribution is -0.120. The average molecular weight is 279 g/mol. The topological polar surface area (TPSA) is 29.1 Å². The van der Waals surface area contributed by atoms with E-state index in [1.165, 1.54) is 18.2 Å². The van der Waals surface area contributed by atoms with Gasteiger partial charge in [0.25, 0.3) is 0 Å². The van der Waals surface area contributed by atoms with Crippen LogP contribution in [0.1, 0.15) is 11.1 Å². The minimum absolute atomic E-state index is 0.0192. The molecule has 104 valence electrons. The zero-order valence-electron chi connectivity index (χ0n) is 10.5. The molecule has 0 saturated carbocycles. The quantitative estimate of drug-likeness (QED) is 0.916. The van der Waals surface area contributed by atoms with Gasteiger partial charge in [-0.2, -0.15) is 0 Å². The van der Waals surface area contributed by atoms with E-state index in [0.717, 1.165) is 18.2 Å². The monoisotopic (exact) mass is 279 g/mol. The van der Waals surface area contributed by atoms with Gasteiger partial charge in [0.05, 0.1) is 6.42 Å². The second-order valence-corrected chi connectivity index (χ2v) is 4.32. The third kappa shape index (κ3) is 3.85. The Balaban J connectivity index is 1.94. The molecule has 0 saturated heterocycles. The van der Waals surface area contributed by atoms with E-state index in [2.05, 4.69) is 5.32 Å². The van der Waals surface area contributed by atoms with Crippen LogP contribution in [-0.4, -0.2) is 5.91 Å². The van der Waals surface area contributed by atoms with Gasteiger partial charge in [-0.15, -0.1) is 0 Å². The molecule has 0 radical (unpaired) electrons. The van der Waals surface area contributed by atoms with Crippen molar-refractivity contribution in [3.63, 3.8) is 0 Å². The van der Waals surface area contributed by atoms with Gasteiger partial charge in [-0.3, -0.25) is 4.79 Å². The van der Waals surface area contributed by atoms with Crippen molar-refractivity contribution in [2.45, 2.75) is 13.0 Å². The smallest absolute Gasteiger partial charge is 0.224 e. The molecule has 0 fully saturated rings. The fraction of sp³-hybridized carbons (Fsp3) is 0.133. The largest absolute Gasteiger partial charge is 0.352 e. The second kappa shape index (κ2) is 6.23. The van der Waals surface area contributed by atoms with Crippen LogP contribution in [0.15, 0.2) is 42.5 Å². The van der Waals surface area contributed by atoms with Crippen LogP contribution >= 0.6 is 0 Å². The molecule has 0 bridgehead atoms. The average Bonchev–Trinajstić information content (AvgIpc) is 2.40. The number of halogens is 3. The molecule has 20 heavy (non-hydrogen) atoms. The molecule has 2 aromatic carbocycles. The first-order chi connectivity index (χ1) is 9.54. The van der Waals surface area contributed by atoms with Crippen molar-refractivity contribution in [1.82, 2.24) is 5.32 Å². The number of benzene rings is 2. The van der Waals surface area contributed by atoms with Gasteiger partial charge in [-0.25, -0.2) is 13.2 Å². The number of amides is 1. The predicted molar refractivity (Wildman–Crippen MR) is 68.3 cm³/mol. The van der Waals surface area contributed by atoms with Crippen LogP contribution in [0.3, 0.4) is 0 Å². The molecule has 0 aromatic heterocycles. The van der Waals surface area contributed by atoms with E-state index in [1.54, 1.807) is 6.07 Å². The van der Waals surface area contributed by atoms with E-state index in [-0.39, 0.29) is 24.4 Å². The number of hydrogen-bond donors (Lipinski definition) is 1. The molecule has 0 atom stereocenters. The second-order valence-electron chi connectivity index (χ2n) is 4.32. The Morgan fingerprint density at radius 2 is 1.75 bits per heavy atom. The highest BCUT2D eigenvalue weighted by Crippen LogP contribution is 2.09. The maximum Gasteiger partial charge on any atom is 0.224 e. The number of carbonyl (C=O) groups excluding carboxylic acids is 1. The van der Waals surface area contributed by atoms with Gasteiger partial charge in [-0.05, 0) is 35.9 Å². The summed E-state index contributed by atoms with van der Waals surface area (Å²) in [5, 5.41) is 2.47. The predicted octanol–water partition coefficient (Wildman–Crippen LogP) is 2.96. The molecular formula is C15H12F3NO. The van der Waals surface area contributed by atoms with E-state index in [0.29, 0.717) is 5.56 Å². The fourth-order valence-corrected chi connectivity index (χ4v) is 1.77. The Hall–Kier alpha value is -2.30. The van der Waals surface area contributed by atoms with Crippen molar-refractivity contribution in [1.29, 1.82) is 0 Å². The van der Waals surface area contributed by atoms with Gasteiger partial charge in [-0.1, -0.05) is 12.1 Å². The molecule has 0 aliphatic rings. The van der Waals surface area contributed by atoms with E-state index in [1.807, 2.05) is 0 Å². The van der Waals surface area contributed by atoms with Crippen LogP contribution in [-0.2, 0) is 17.8 Å². The number of nitrogens with one attached hydrogen (secondary N) is 1. The molecule has 1 N–H and O–H groups in total. The van der Waals surface area contributed by atoms with Gasteiger partial charge >= 0.3 is 0 Å². The third-order valence-electron chi connectivity index (χ3n) is 2.74. The van der Waals surface area contributed by atoms with Crippen LogP contribution in [0.25, 0.3) is 0 Å². The van der Waals surface area contributed by atoms with Gasteiger partial charge in [0.15, 0.2) is 0 Å². The first-order valence-corrected chi connectivity index (χ1v) is 5.99. The van der Waals surface area contributed by atoms with Crippen LogP contribution in [0, 0.1) is 17.5 Å². The normalized spacial score (nSPS) is 10.3. The highest BCUT2D eigenvalue weighted by Gasteiger charge is 2.07. The van der Waals surface area contributed by atoms with Gasteiger partial charge in [0.2, 0.25) is 5.91 Å². The van der Waals surface area contributed by atoms with Crippen LogP contribution in [0.4, 0.5) is 13.2 Å². The first-order valence-electron chi connectivity index (χ1n) is 5.99. The Bertz CT molecular complexity index is 628. The lowest BCUT2D eigenvalue weighted by Crippen LogP contribution is -2.25. The van der Waals surface area contributed by atoms with Crippen molar-refractivity contribution in [3.05, 3.63) is 71.0 Å². The summed E-state index contributed by atoms with van der Waals surface area (Å²) in [6, 6.07) is 8.69. The van der Waals surface area contributed by atoms with E-state index in [4.69, 9.17) is 0 Å². The molecule has 2 rings (SSSR count). The van der Waals surface area contributed by atoms with Crippen molar-refractivity contribution >= 4 is 5.91 Å². The van der Waals surface area contributed by atoms with Crippen LogP contribution < -0.4 is 5.32 Å². The molecule has 2 aromatic rings. The summed E-state index contributed by atoms with van der Waals surface area (Å²) in [7, 11) is 0. The summed E-state index contributed by atoms with van der Waals surface area (Å²) in [6.07, 6.45) is -0.0192. The Labute approximate surface area is 114 Å². The maximum atomic E-state index is 13.3. The summed E-state index contributed by atoms with van der Waals surface area (Å²) in [5.41, 5.74) is 0.583. The molecular weight excluding hydrogens is 267 g/mol. The highest BCUT2D eigenvalue weighted by molar-refractivity contribution is 5.78. The summed E-state index contributed by atoms with van der Waals surface area (Å²) in [4.78, 5) is 11.6. The van der Waals surface area contributed by atoms with Crippen LogP contribution in [0.5, 0.6) is 0 Å². The third-order valence-corrected chi connectivity index (χ3v) is 2.74.